The maximum atomic E-state index is 12.6. The van der Waals surface area contributed by atoms with Crippen LogP contribution in [0, 0.1) is 0 Å². The fourth-order valence-electron chi connectivity index (χ4n) is 13.5. The molecule has 0 saturated carbocycles. The van der Waals surface area contributed by atoms with E-state index >= 15 is 0 Å². The molecule has 6 heteroatoms. The van der Waals surface area contributed by atoms with E-state index in [-0.39, 0.29) is 18.5 Å². The molecule has 0 bridgehead atoms. The smallest absolute Gasteiger partial charge is 0.305 e. The van der Waals surface area contributed by atoms with Crippen molar-refractivity contribution in [3.05, 3.63) is 36.5 Å². The van der Waals surface area contributed by atoms with Crippen LogP contribution in [0.2, 0.25) is 0 Å². The minimum atomic E-state index is -0.662. The van der Waals surface area contributed by atoms with Gasteiger partial charge >= 0.3 is 5.97 Å². The first-order valence-corrected chi connectivity index (χ1v) is 42.2. The molecule has 0 saturated heterocycles. The minimum Gasteiger partial charge on any atom is -0.466 e. The lowest BCUT2D eigenvalue weighted by molar-refractivity contribution is -0.143. The first kappa shape index (κ1) is 90.1. The number of amides is 1. The van der Waals surface area contributed by atoms with Crippen molar-refractivity contribution in [2.45, 2.75) is 488 Å². The number of hydrogen-bond acceptors (Lipinski definition) is 5. The summed E-state index contributed by atoms with van der Waals surface area (Å²) >= 11 is 0. The van der Waals surface area contributed by atoms with E-state index < -0.39 is 12.1 Å². The standard InChI is InChI=1S/C86H165NO5/c1-3-5-7-9-11-13-15-17-19-21-43-47-50-54-58-62-66-70-74-78-84(89)83(82-88)87-85(90)79-75-71-67-63-59-55-51-48-44-41-39-37-35-33-31-29-27-25-23-22-24-26-28-30-32-34-36-38-40-42-45-49-53-57-61-65-69-73-77-81-92-86(91)80-76-72-68-64-60-56-52-46-20-18-16-14-12-10-8-6-4-2/h12,14,18,20,22-23,83-84,88-89H,3-11,13,15-17,19,21,24-82H2,1-2H3,(H,87,90)/b14-12-,20-18-,23-22-. The van der Waals surface area contributed by atoms with Gasteiger partial charge in [-0.2, -0.15) is 0 Å². The Kier molecular flexibility index (Phi) is 79.8. The van der Waals surface area contributed by atoms with Crippen molar-refractivity contribution in [3.8, 4) is 0 Å². The molecule has 0 aliphatic carbocycles. The predicted octanol–water partition coefficient (Wildman–Crippen LogP) is 28.2. The Labute approximate surface area is 576 Å². The molecule has 2 unspecified atom stereocenters. The summed E-state index contributed by atoms with van der Waals surface area (Å²) < 4.78 is 5.51. The van der Waals surface area contributed by atoms with Gasteiger partial charge in [-0.25, -0.2) is 0 Å². The van der Waals surface area contributed by atoms with Crippen molar-refractivity contribution in [2.24, 2.45) is 0 Å². The number of aliphatic hydroxyl groups excluding tert-OH is 2. The van der Waals surface area contributed by atoms with Gasteiger partial charge in [0.15, 0.2) is 0 Å². The van der Waals surface area contributed by atoms with E-state index in [1.807, 2.05) is 0 Å². The molecule has 544 valence electrons. The van der Waals surface area contributed by atoms with Gasteiger partial charge in [0.2, 0.25) is 5.91 Å². The van der Waals surface area contributed by atoms with Crippen molar-refractivity contribution < 1.29 is 24.5 Å². The molecular formula is C86H165NO5. The van der Waals surface area contributed by atoms with Crippen LogP contribution in [-0.2, 0) is 14.3 Å². The van der Waals surface area contributed by atoms with Gasteiger partial charge in [-0.1, -0.05) is 416 Å². The highest BCUT2D eigenvalue weighted by atomic mass is 16.5. The van der Waals surface area contributed by atoms with E-state index in [2.05, 4.69) is 55.6 Å². The maximum absolute atomic E-state index is 12.6. The Balaban J connectivity index is 3.32. The Morgan fingerprint density at radius 3 is 0.859 bits per heavy atom. The number of nitrogens with one attached hydrogen (secondary N) is 1. The number of esters is 1. The van der Waals surface area contributed by atoms with Gasteiger partial charge in [-0.05, 0) is 83.5 Å². The molecule has 0 spiro atoms. The number of ether oxygens (including phenoxy) is 1. The third-order valence-corrected chi connectivity index (χ3v) is 19.9. The van der Waals surface area contributed by atoms with Crippen LogP contribution in [0.4, 0.5) is 0 Å². The van der Waals surface area contributed by atoms with Crippen molar-refractivity contribution in [2.75, 3.05) is 13.2 Å². The van der Waals surface area contributed by atoms with E-state index in [4.69, 9.17) is 4.74 Å². The van der Waals surface area contributed by atoms with Crippen LogP contribution in [0.1, 0.15) is 476 Å². The largest absolute Gasteiger partial charge is 0.466 e. The topological polar surface area (TPSA) is 95.9 Å². The molecule has 0 rings (SSSR count). The van der Waals surface area contributed by atoms with Crippen molar-refractivity contribution in [1.82, 2.24) is 5.32 Å². The molecule has 2 atom stereocenters. The maximum Gasteiger partial charge on any atom is 0.305 e. The van der Waals surface area contributed by atoms with Crippen LogP contribution in [0.3, 0.4) is 0 Å². The molecule has 0 aromatic heterocycles. The summed E-state index contributed by atoms with van der Waals surface area (Å²) in [4.78, 5) is 24.7. The fraction of sp³-hybridized carbons (Fsp3) is 0.907. The Bertz CT molecular complexity index is 1490. The summed E-state index contributed by atoms with van der Waals surface area (Å²) in [5.41, 5.74) is 0. The van der Waals surface area contributed by atoms with Crippen molar-refractivity contribution in [1.29, 1.82) is 0 Å². The number of unbranched alkanes of at least 4 members (excludes halogenated alkanes) is 63. The van der Waals surface area contributed by atoms with Crippen LogP contribution in [-0.4, -0.2) is 47.4 Å². The average Bonchev–Trinajstić information content (AvgIpc) is 3.56. The van der Waals surface area contributed by atoms with E-state index in [1.54, 1.807) is 0 Å². The Morgan fingerprint density at radius 1 is 0.304 bits per heavy atom. The molecular weight excluding hydrogens is 1130 g/mol. The average molecular weight is 1290 g/mol. The van der Waals surface area contributed by atoms with Gasteiger partial charge < -0.3 is 20.3 Å². The second-order valence-corrected chi connectivity index (χ2v) is 29.2. The number of aliphatic hydroxyl groups is 2. The molecule has 92 heavy (non-hydrogen) atoms. The molecule has 0 aliphatic heterocycles. The number of carbonyl (C=O) groups excluding carboxylic acids is 2. The molecule has 0 fully saturated rings. The highest BCUT2D eigenvalue weighted by Crippen LogP contribution is 2.20. The lowest BCUT2D eigenvalue weighted by atomic mass is 10.0. The third-order valence-electron chi connectivity index (χ3n) is 19.9. The summed E-state index contributed by atoms with van der Waals surface area (Å²) in [5.74, 6) is -0.0102. The van der Waals surface area contributed by atoms with E-state index in [9.17, 15) is 19.8 Å². The summed E-state index contributed by atoms with van der Waals surface area (Å²) in [6.45, 7) is 4.98. The molecule has 0 aliphatic rings. The molecule has 0 aromatic rings. The molecule has 0 radical (unpaired) electrons. The SMILES string of the molecule is CCCCC/C=C\C/C=C\CCCCCCCCCC(=O)OCCCCCCCCCCCCCCCCCCCC/C=C\CCCCCCCCCCCCCCCCCCCC(=O)NC(CO)C(O)CCCCCCCCCCCCCCCCCCCCC. The monoisotopic (exact) mass is 1290 g/mol. The fourth-order valence-corrected chi connectivity index (χ4v) is 13.5. The summed E-state index contributed by atoms with van der Waals surface area (Å²) in [6, 6.07) is -0.539. The molecule has 0 aromatic carbocycles. The van der Waals surface area contributed by atoms with Crippen LogP contribution >= 0.6 is 0 Å². The summed E-state index contributed by atoms with van der Waals surface area (Å²) in [7, 11) is 0. The van der Waals surface area contributed by atoms with E-state index in [0.717, 1.165) is 51.4 Å². The zero-order valence-electron chi connectivity index (χ0n) is 62.6. The minimum absolute atomic E-state index is 0.0155. The summed E-state index contributed by atoms with van der Waals surface area (Å²) in [5, 5.41) is 23.4. The predicted molar refractivity (Wildman–Crippen MR) is 407 cm³/mol. The highest BCUT2D eigenvalue weighted by molar-refractivity contribution is 5.76. The zero-order valence-corrected chi connectivity index (χ0v) is 62.6. The van der Waals surface area contributed by atoms with Gasteiger partial charge in [-0.15, -0.1) is 0 Å². The lowest BCUT2D eigenvalue weighted by Gasteiger charge is -2.22. The first-order chi connectivity index (χ1) is 45.5. The number of rotatable bonds is 80. The van der Waals surface area contributed by atoms with Gasteiger partial charge in [-0.3, -0.25) is 9.59 Å². The second-order valence-electron chi connectivity index (χ2n) is 29.2. The third kappa shape index (κ3) is 77.1. The van der Waals surface area contributed by atoms with Crippen LogP contribution in [0.25, 0.3) is 0 Å². The van der Waals surface area contributed by atoms with Crippen molar-refractivity contribution in [3.63, 3.8) is 0 Å². The molecule has 0 heterocycles. The number of hydrogen-bond donors (Lipinski definition) is 3. The molecule has 6 nitrogen and oxygen atoms in total. The van der Waals surface area contributed by atoms with Gasteiger partial charge in [0.05, 0.1) is 25.4 Å². The zero-order chi connectivity index (χ0) is 66.3. The number of carbonyl (C=O) groups is 2. The van der Waals surface area contributed by atoms with Crippen molar-refractivity contribution >= 4 is 11.9 Å². The lowest BCUT2D eigenvalue weighted by Crippen LogP contribution is -2.45. The van der Waals surface area contributed by atoms with Crippen LogP contribution in [0.15, 0.2) is 36.5 Å². The van der Waals surface area contributed by atoms with Gasteiger partial charge in [0.25, 0.3) is 0 Å². The molecule has 3 N–H and O–H groups in total. The summed E-state index contributed by atoms with van der Waals surface area (Å²) in [6.07, 6.45) is 107. The quantitative estimate of drug-likeness (QED) is 0.0320. The molecule has 1 amide bonds. The van der Waals surface area contributed by atoms with Crippen LogP contribution < -0.4 is 5.32 Å². The van der Waals surface area contributed by atoms with E-state index in [0.29, 0.717) is 25.9 Å². The van der Waals surface area contributed by atoms with E-state index in [1.165, 1.54) is 392 Å². The van der Waals surface area contributed by atoms with Crippen LogP contribution in [0.5, 0.6) is 0 Å². The highest BCUT2D eigenvalue weighted by Gasteiger charge is 2.20. The van der Waals surface area contributed by atoms with Gasteiger partial charge in [0, 0.05) is 12.8 Å². The second kappa shape index (κ2) is 81.5. The Morgan fingerprint density at radius 2 is 0.543 bits per heavy atom. The van der Waals surface area contributed by atoms with Gasteiger partial charge in [0.1, 0.15) is 0 Å². The Hall–Kier alpha value is -1.92. The normalized spacial score (nSPS) is 12.6. The first-order valence-electron chi connectivity index (χ1n) is 42.2. The number of allylic oxidation sites excluding steroid dienone is 6.